The Hall–Kier alpha value is -0.730. The number of benzene rings is 1. The van der Waals surface area contributed by atoms with E-state index in [1.165, 1.54) is 16.7 Å². The summed E-state index contributed by atoms with van der Waals surface area (Å²) >= 11 is 6.58. The van der Waals surface area contributed by atoms with Crippen LogP contribution in [0.4, 0.5) is 0 Å². The Labute approximate surface area is 116 Å². The molecule has 0 N–H and O–H groups in total. The number of halogens is 1. The molecule has 0 radical (unpaired) electrons. The molecule has 0 spiro atoms. The van der Waals surface area contributed by atoms with Crippen LogP contribution in [-0.4, -0.2) is 31.6 Å². The van der Waals surface area contributed by atoms with Gasteiger partial charge in [0.2, 0.25) is 0 Å². The largest absolute Gasteiger partial charge is 0.497 e. The molecule has 3 heteroatoms. The lowest BCUT2D eigenvalue weighted by molar-refractivity contribution is 0.303. The van der Waals surface area contributed by atoms with Crippen molar-refractivity contribution < 1.29 is 4.74 Å². The number of aryl methyl sites for hydroxylation is 2. The van der Waals surface area contributed by atoms with Crippen LogP contribution in [0, 0.1) is 13.8 Å². The maximum Gasteiger partial charge on any atom is 0.119 e. The fourth-order valence-electron chi connectivity index (χ4n) is 2.35. The minimum absolute atomic E-state index is 0.0378. The van der Waals surface area contributed by atoms with Crippen LogP contribution < -0.4 is 4.74 Å². The Morgan fingerprint density at radius 3 is 2.06 bits per heavy atom. The molecule has 1 aromatic carbocycles. The van der Waals surface area contributed by atoms with E-state index < -0.39 is 0 Å². The second kappa shape index (κ2) is 7.01. The molecule has 0 saturated carbocycles. The minimum Gasteiger partial charge on any atom is -0.497 e. The number of methoxy groups -OCH3 is 1. The molecular formula is C15H24ClNO. The molecule has 0 aliphatic rings. The number of hydrogen-bond donors (Lipinski definition) is 0. The molecule has 1 aromatic rings. The summed E-state index contributed by atoms with van der Waals surface area (Å²) in [5.74, 6) is 0.903. The van der Waals surface area contributed by atoms with Crippen LogP contribution >= 0.6 is 11.6 Å². The van der Waals surface area contributed by atoms with Gasteiger partial charge < -0.3 is 9.64 Å². The lowest BCUT2D eigenvalue weighted by atomic mass is 9.99. The van der Waals surface area contributed by atoms with E-state index in [0.29, 0.717) is 0 Å². The van der Waals surface area contributed by atoms with Gasteiger partial charge in [-0.15, -0.1) is 11.6 Å². The average molecular weight is 270 g/mol. The summed E-state index contributed by atoms with van der Waals surface area (Å²) in [6.07, 6.45) is 0. The number of rotatable bonds is 6. The molecule has 0 amide bonds. The standard InChI is InChI=1S/C15H24ClNO/c1-6-17(7-2)10-14(16)15-11(3)8-13(18-5)9-12(15)4/h8-9,14H,6-7,10H2,1-5H3. The number of nitrogens with zero attached hydrogens (tertiary/aromatic N) is 1. The Bertz CT molecular complexity index is 365. The highest BCUT2D eigenvalue weighted by Crippen LogP contribution is 2.31. The first kappa shape index (κ1) is 15.3. The van der Waals surface area contributed by atoms with Crippen molar-refractivity contribution in [3.8, 4) is 5.75 Å². The van der Waals surface area contributed by atoms with Crippen LogP contribution in [0.1, 0.15) is 35.9 Å². The summed E-state index contributed by atoms with van der Waals surface area (Å²) in [4.78, 5) is 2.35. The van der Waals surface area contributed by atoms with Crippen molar-refractivity contribution in [2.45, 2.75) is 33.1 Å². The molecule has 0 aromatic heterocycles. The summed E-state index contributed by atoms with van der Waals surface area (Å²) in [6.45, 7) is 11.5. The van der Waals surface area contributed by atoms with Crippen molar-refractivity contribution in [3.05, 3.63) is 28.8 Å². The number of hydrogen-bond acceptors (Lipinski definition) is 2. The molecule has 1 atom stereocenters. The SMILES string of the molecule is CCN(CC)CC(Cl)c1c(C)cc(OC)cc1C. The molecule has 18 heavy (non-hydrogen) atoms. The predicted octanol–water partition coefficient (Wildman–Crippen LogP) is 3.93. The van der Waals surface area contributed by atoms with Crippen molar-refractivity contribution in [3.63, 3.8) is 0 Å². The van der Waals surface area contributed by atoms with Crippen molar-refractivity contribution in [2.24, 2.45) is 0 Å². The van der Waals surface area contributed by atoms with Gasteiger partial charge >= 0.3 is 0 Å². The van der Waals surface area contributed by atoms with E-state index in [4.69, 9.17) is 16.3 Å². The first-order valence-electron chi connectivity index (χ1n) is 6.55. The van der Waals surface area contributed by atoms with Gasteiger partial charge in [0.1, 0.15) is 5.75 Å². The van der Waals surface area contributed by atoms with Gasteiger partial charge in [0, 0.05) is 6.54 Å². The average Bonchev–Trinajstić information content (AvgIpc) is 2.34. The molecule has 0 saturated heterocycles. The molecule has 1 rings (SSSR count). The van der Waals surface area contributed by atoms with Crippen LogP contribution in [0.3, 0.4) is 0 Å². The van der Waals surface area contributed by atoms with Gasteiger partial charge in [0.25, 0.3) is 0 Å². The van der Waals surface area contributed by atoms with Gasteiger partial charge in [-0.2, -0.15) is 0 Å². The number of likely N-dealkylation sites (N-methyl/N-ethyl adjacent to an activating group) is 1. The fourth-order valence-corrected chi connectivity index (χ4v) is 2.89. The van der Waals surface area contributed by atoms with E-state index in [2.05, 4.69) is 44.7 Å². The molecule has 0 aliphatic carbocycles. The Morgan fingerprint density at radius 1 is 1.17 bits per heavy atom. The third kappa shape index (κ3) is 3.63. The third-order valence-corrected chi connectivity index (χ3v) is 3.79. The molecule has 102 valence electrons. The topological polar surface area (TPSA) is 12.5 Å². The zero-order valence-electron chi connectivity index (χ0n) is 12.1. The Kier molecular flexibility index (Phi) is 5.97. The van der Waals surface area contributed by atoms with Gasteiger partial charge in [-0.25, -0.2) is 0 Å². The highest BCUT2D eigenvalue weighted by atomic mass is 35.5. The van der Waals surface area contributed by atoms with Gasteiger partial charge in [0.05, 0.1) is 12.5 Å². The zero-order chi connectivity index (χ0) is 13.7. The quantitative estimate of drug-likeness (QED) is 0.726. The van der Waals surface area contributed by atoms with Crippen LogP contribution in [0.5, 0.6) is 5.75 Å². The van der Waals surface area contributed by atoms with Gasteiger partial charge in [-0.3, -0.25) is 0 Å². The molecule has 1 unspecified atom stereocenters. The van der Waals surface area contributed by atoms with Crippen LogP contribution in [-0.2, 0) is 0 Å². The second-order valence-electron chi connectivity index (χ2n) is 4.63. The lowest BCUT2D eigenvalue weighted by Gasteiger charge is -2.24. The van der Waals surface area contributed by atoms with E-state index in [-0.39, 0.29) is 5.38 Å². The summed E-state index contributed by atoms with van der Waals surface area (Å²) in [5, 5.41) is 0.0378. The Balaban J connectivity index is 2.95. The normalized spacial score (nSPS) is 12.8. The maximum absolute atomic E-state index is 6.58. The lowest BCUT2D eigenvalue weighted by Crippen LogP contribution is -2.27. The van der Waals surface area contributed by atoms with Crippen LogP contribution in [0.2, 0.25) is 0 Å². The number of alkyl halides is 1. The van der Waals surface area contributed by atoms with Crippen molar-refractivity contribution in [1.82, 2.24) is 4.90 Å². The van der Waals surface area contributed by atoms with E-state index in [9.17, 15) is 0 Å². The fraction of sp³-hybridized carbons (Fsp3) is 0.600. The van der Waals surface area contributed by atoms with Crippen molar-refractivity contribution >= 4 is 11.6 Å². The van der Waals surface area contributed by atoms with Gasteiger partial charge in [0.15, 0.2) is 0 Å². The van der Waals surface area contributed by atoms with Crippen molar-refractivity contribution in [2.75, 3.05) is 26.7 Å². The van der Waals surface area contributed by atoms with Gasteiger partial charge in [-0.05, 0) is 55.8 Å². The van der Waals surface area contributed by atoms with Crippen molar-refractivity contribution in [1.29, 1.82) is 0 Å². The monoisotopic (exact) mass is 269 g/mol. The zero-order valence-corrected chi connectivity index (χ0v) is 12.8. The first-order valence-corrected chi connectivity index (χ1v) is 6.98. The molecule has 0 bridgehead atoms. The molecular weight excluding hydrogens is 246 g/mol. The van der Waals surface area contributed by atoms with Crippen LogP contribution in [0.15, 0.2) is 12.1 Å². The molecule has 0 heterocycles. The highest BCUT2D eigenvalue weighted by Gasteiger charge is 2.17. The summed E-state index contributed by atoms with van der Waals surface area (Å²) in [5.41, 5.74) is 3.65. The van der Waals surface area contributed by atoms with Crippen LogP contribution in [0.25, 0.3) is 0 Å². The minimum atomic E-state index is 0.0378. The van der Waals surface area contributed by atoms with Gasteiger partial charge in [-0.1, -0.05) is 13.8 Å². The smallest absolute Gasteiger partial charge is 0.119 e. The second-order valence-corrected chi connectivity index (χ2v) is 5.16. The number of ether oxygens (including phenoxy) is 1. The summed E-state index contributed by atoms with van der Waals surface area (Å²) < 4.78 is 5.28. The molecule has 0 aliphatic heterocycles. The summed E-state index contributed by atoms with van der Waals surface area (Å²) in [6, 6.07) is 4.11. The van der Waals surface area contributed by atoms with E-state index in [1.54, 1.807) is 7.11 Å². The van der Waals surface area contributed by atoms with E-state index in [0.717, 1.165) is 25.4 Å². The van der Waals surface area contributed by atoms with E-state index in [1.807, 2.05) is 0 Å². The predicted molar refractivity (Wildman–Crippen MR) is 78.9 cm³/mol. The highest BCUT2D eigenvalue weighted by molar-refractivity contribution is 6.21. The third-order valence-electron chi connectivity index (χ3n) is 3.43. The molecule has 2 nitrogen and oxygen atoms in total. The Morgan fingerprint density at radius 2 is 1.67 bits per heavy atom. The maximum atomic E-state index is 6.58. The summed E-state index contributed by atoms with van der Waals surface area (Å²) in [7, 11) is 1.70. The van der Waals surface area contributed by atoms with E-state index >= 15 is 0 Å². The first-order chi connectivity index (χ1) is 8.53. The molecule has 0 fully saturated rings.